The van der Waals surface area contributed by atoms with Gasteiger partial charge in [0.15, 0.2) is 0 Å². The highest BCUT2D eigenvalue weighted by Crippen LogP contribution is 2.22. The highest BCUT2D eigenvalue weighted by Gasteiger charge is 2.14. The summed E-state index contributed by atoms with van der Waals surface area (Å²) < 4.78 is 13.4. The van der Waals surface area contributed by atoms with Crippen LogP contribution in [0.5, 0.6) is 0 Å². The van der Waals surface area contributed by atoms with E-state index in [9.17, 15) is 4.39 Å². The van der Waals surface area contributed by atoms with Crippen LogP contribution in [-0.4, -0.2) is 11.5 Å². The van der Waals surface area contributed by atoms with Crippen LogP contribution in [-0.2, 0) is 6.42 Å². The Morgan fingerprint density at radius 2 is 2.15 bits per heavy atom. The van der Waals surface area contributed by atoms with Crippen molar-refractivity contribution in [2.45, 2.75) is 39.7 Å². The van der Waals surface area contributed by atoms with Crippen LogP contribution in [0.1, 0.15) is 41.2 Å². The standard InChI is InChI=1S/C16H21FN2S/c1-4-7-18-16(9-14-10-20-12(3)19-14)13-5-6-15(17)11(2)8-13/h5-6,8,10,16,18H,4,7,9H2,1-3H3. The number of rotatable bonds is 6. The molecular formula is C16H21FN2S. The van der Waals surface area contributed by atoms with Gasteiger partial charge in [-0.15, -0.1) is 11.3 Å². The summed E-state index contributed by atoms with van der Waals surface area (Å²) in [6.07, 6.45) is 1.92. The van der Waals surface area contributed by atoms with Gasteiger partial charge in [0.05, 0.1) is 10.7 Å². The summed E-state index contributed by atoms with van der Waals surface area (Å²) in [5.74, 6) is -0.146. The van der Waals surface area contributed by atoms with Crippen LogP contribution in [0.3, 0.4) is 0 Å². The molecule has 0 aliphatic rings. The number of aryl methyl sites for hydroxylation is 2. The normalized spacial score (nSPS) is 12.6. The fourth-order valence-corrected chi connectivity index (χ4v) is 2.85. The third-order valence-electron chi connectivity index (χ3n) is 3.30. The molecule has 0 saturated heterocycles. The molecule has 2 rings (SSSR count). The Morgan fingerprint density at radius 1 is 1.35 bits per heavy atom. The summed E-state index contributed by atoms with van der Waals surface area (Å²) in [5.41, 5.74) is 2.92. The van der Waals surface area contributed by atoms with Crippen molar-refractivity contribution in [2.24, 2.45) is 0 Å². The maximum absolute atomic E-state index is 13.4. The molecule has 2 nitrogen and oxygen atoms in total. The Kier molecular flexibility index (Phi) is 5.26. The molecule has 108 valence electrons. The lowest BCUT2D eigenvalue weighted by Gasteiger charge is -2.19. The molecule has 0 bridgehead atoms. The van der Waals surface area contributed by atoms with E-state index in [1.54, 1.807) is 17.4 Å². The Hall–Kier alpha value is -1.26. The molecular weight excluding hydrogens is 271 g/mol. The second-order valence-electron chi connectivity index (χ2n) is 5.08. The van der Waals surface area contributed by atoms with E-state index in [4.69, 9.17) is 0 Å². The van der Waals surface area contributed by atoms with Gasteiger partial charge in [-0.25, -0.2) is 9.37 Å². The van der Waals surface area contributed by atoms with Gasteiger partial charge in [-0.2, -0.15) is 0 Å². The summed E-state index contributed by atoms with van der Waals surface area (Å²) in [4.78, 5) is 4.53. The van der Waals surface area contributed by atoms with Gasteiger partial charge in [-0.1, -0.05) is 19.1 Å². The van der Waals surface area contributed by atoms with Gasteiger partial charge >= 0.3 is 0 Å². The predicted molar refractivity (Wildman–Crippen MR) is 82.7 cm³/mol. The number of thiazole rings is 1. The molecule has 0 radical (unpaired) electrons. The van der Waals surface area contributed by atoms with E-state index in [2.05, 4.69) is 22.6 Å². The van der Waals surface area contributed by atoms with Crippen LogP contribution in [0.4, 0.5) is 4.39 Å². The molecule has 2 aromatic rings. The number of aromatic nitrogens is 1. The molecule has 1 unspecified atom stereocenters. The molecule has 0 aliphatic carbocycles. The van der Waals surface area contributed by atoms with Crippen LogP contribution in [0.15, 0.2) is 23.6 Å². The molecule has 0 amide bonds. The van der Waals surface area contributed by atoms with Gasteiger partial charge < -0.3 is 5.32 Å². The summed E-state index contributed by atoms with van der Waals surface area (Å²) in [6.45, 7) is 6.92. The van der Waals surface area contributed by atoms with Crippen molar-refractivity contribution in [1.82, 2.24) is 10.3 Å². The molecule has 0 fully saturated rings. The van der Waals surface area contributed by atoms with Gasteiger partial charge in [0.2, 0.25) is 0 Å². The SMILES string of the molecule is CCCNC(Cc1csc(C)n1)c1ccc(F)c(C)c1. The molecule has 1 heterocycles. The molecule has 1 aromatic heterocycles. The number of halogens is 1. The number of hydrogen-bond donors (Lipinski definition) is 1. The van der Waals surface area contributed by atoms with Crippen molar-refractivity contribution in [3.05, 3.63) is 51.2 Å². The first kappa shape index (κ1) is 15.1. The zero-order valence-corrected chi connectivity index (χ0v) is 13.1. The van der Waals surface area contributed by atoms with Crippen LogP contribution in [0, 0.1) is 19.7 Å². The fourth-order valence-electron chi connectivity index (χ4n) is 2.22. The van der Waals surface area contributed by atoms with E-state index >= 15 is 0 Å². The van der Waals surface area contributed by atoms with Gasteiger partial charge in [0.25, 0.3) is 0 Å². The summed E-state index contributed by atoms with van der Waals surface area (Å²) in [6, 6.07) is 5.55. The van der Waals surface area contributed by atoms with Crippen molar-refractivity contribution in [3.8, 4) is 0 Å². The molecule has 1 aromatic carbocycles. The van der Waals surface area contributed by atoms with Gasteiger partial charge in [0, 0.05) is 17.8 Å². The van der Waals surface area contributed by atoms with Gasteiger partial charge in [-0.3, -0.25) is 0 Å². The Morgan fingerprint density at radius 3 is 2.75 bits per heavy atom. The lowest BCUT2D eigenvalue weighted by atomic mass is 10.00. The molecule has 0 aliphatic heterocycles. The first-order valence-electron chi connectivity index (χ1n) is 7.00. The van der Waals surface area contributed by atoms with E-state index in [1.807, 2.05) is 26.0 Å². The average Bonchev–Trinajstić information content (AvgIpc) is 2.83. The summed E-state index contributed by atoms with van der Waals surface area (Å²) in [5, 5.41) is 6.72. The Balaban J connectivity index is 2.19. The smallest absolute Gasteiger partial charge is 0.126 e. The van der Waals surface area contributed by atoms with Crippen molar-refractivity contribution >= 4 is 11.3 Å². The van der Waals surface area contributed by atoms with E-state index < -0.39 is 0 Å². The number of hydrogen-bond acceptors (Lipinski definition) is 3. The third kappa shape index (κ3) is 3.87. The quantitative estimate of drug-likeness (QED) is 0.864. The van der Waals surface area contributed by atoms with Gasteiger partial charge in [-0.05, 0) is 44.0 Å². The molecule has 0 saturated carbocycles. The Labute approximate surface area is 124 Å². The minimum atomic E-state index is -0.146. The largest absolute Gasteiger partial charge is 0.310 e. The van der Waals surface area contributed by atoms with Crippen molar-refractivity contribution in [1.29, 1.82) is 0 Å². The monoisotopic (exact) mass is 292 g/mol. The van der Waals surface area contributed by atoms with E-state index in [-0.39, 0.29) is 11.9 Å². The maximum atomic E-state index is 13.4. The van der Waals surface area contributed by atoms with Crippen LogP contribution >= 0.6 is 11.3 Å². The predicted octanol–water partition coefficient (Wildman–Crippen LogP) is 4.18. The summed E-state index contributed by atoms with van der Waals surface area (Å²) >= 11 is 1.67. The lowest BCUT2D eigenvalue weighted by Crippen LogP contribution is -2.24. The van der Waals surface area contributed by atoms with E-state index in [0.717, 1.165) is 35.7 Å². The maximum Gasteiger partial charge on any atom is 0.126 e. The zero-order valence-electron chi connectivity index (χ0n) is 12.2. The van der Waals surface area contributed by atoms with E-state index in [1.165, 1.54) is 0 Å². The topological polar surface area (TPSA) is 24.9 Å². The first-order valence-corrected chi connectivity index (χ1v) is 7.88. The zero-order chi connectivity index (χ0) is 14.5. The van der Waals surface area contributed by atoms with E-state index in [0.29, 0.717) is 5.56 Å². The lowest BCUT2D eigenvalue weighted by molar-refractivity contribution is 0.523. The molecule has 1 N–H and O–H groups in total. The summed E-state index contributed by atoms with van der Waals surface area (Å²) in [7, 11) is 0. The van der Waals surface area contributed by atoms with Crippen molar-refractivity contribution in [2.75, 3.05) is 6.54 Å². The van der Waals surface area contributed by atoms with Crippen molar-refractivity contribution < 1.29 is 4.39 Å². The molecule has 20 heavy (non-hydrogen) atoms. The van der Waals surface area contributed by atoms with Crippen LogP contribution in [0.25, 0.3) is 0 Å². The molecule has 4 heteroatoms. The highest BCUT2D eigenvalue weighted by molar-refractivity contribution is 7.09. The van der Waals surface area contributed by atoms with Crippen LogP contribution in [0.2, 0.25) is 0 Å². The molecule has 0 spiro atoms. The number of benzene rings is 1. The minimum Gasteiger partial charge on any atom is -0.310 e. The highest BCUT2D eigenvalue weighted by atomic mass is 32.1. The van der Waals surface area contributed by atoms with Gasteiger partial charge in [0.1, 0.15) is 5.82 Å². The minimum absolute atomic E-state index is 0.146. The fraction of sp³-hybridized carbons (Fsp3) is 0.438. The number of nitrogens with zero attached hydrogens (tertiary/aromatic N) is 1. The second-order valence-corrected chi connectivity index (χ2v) is 6.14. The first-order chi connectivity index (χ1) is 9.60. The van der Waals surface area contributed by atoms with Crippen LogP contribution < -0.4 is 5.32 Å². The number of nitrogens with one attached hydrogen (secondary N) is 1. The Bertz CT molecular complexity index is 565. The average molecular weight is 292 g/mol. The third-order valence-corrected chi connectivity index (χ3v) is 4.13. The molecule has 1 atom stereocenters. The second kappa shape index (κ2) is 6.95. The van der Waals surface area contributed by atoms with Crippen molar-refractivity contribution in [3.63, 3.8) is 0 Å².